The van der Waals surface area contributed by atoms with Gasteiger partial charge in [-0.2, -0.15) is 0 Å². The standard InChI is InChI=1S/C15H13N3/c16-14-11-17-15(12-7-3-1-4-8-12)18(14)13-9-5-2-6-10-13/h1-10,16H,11H2. The molecule has 1 N–H and O–H groups in total. The Balaban J connectivity index is 2.03. The topological polar surface area (TPSA) is 39.5 Å². The van der Waals surface area contributed by atoms with E-state index in [1.807, 2.05) is 65.6 Å². The van der Waals surface area contributed by atoms with Crippen LogP contribution >= 0.6 is 0 Å². The number of anilines is 1. The van der Waals surface area contributed by atoms with Gasteiger partial charge in [-0.15, -0.1) is 0 Å². The molecule has 0 radical (unpaired) electrons. The molecule has 3 nitrogen and oxygen atoms in total. The monoisotopic (exact) mass is 235 g/mol. The van der Waals surface area contributed by atoms with E-state index in [0.717, 1.165) is 17.1 Å². The Hall–Kier alpha value is -2.42. The van der Waals surface area contributed by atoms with Crippen molar-refractivity contribution in [2.24, 2.45) is 4.99 Å². The highest BCUT2D eigenvalue weighted by atomic mass is 15.3. The van der Waals surface area contributed by atoms with Crippen molar-refractivity contribution in [3.8, 4) is 0 Å². The number of nitrogens with zero attached hydrogens (tertiary/aromatic N) is 2. The second-order valence-electron chi connectivity index (χ2n) is 4.12. The van der Waals surface area contributed by atoms with E-state index in [0.29, 0.717) is 12.4 Å². The first-order valence-electron chi connectivity index (χ1n) is 5.89. The van der Waals surface area contributed by atoms with Gasteiger partial charge in [0.05, 0.1) is 6.54 Å². The smallest absolute Gasteiger partial charge is 0.141 e. The number of hydrogen-bond acceptors (Lipinski definition) is 2. The Bertz CT molecular complexity index is 588. The quantitative estimate of drug-likeness (QED) is 0.854. The zero-order chi connectivity index (χ0) is 12.4. The third kappa shape index (κ3) is 1.80. The summed E-state index contributed by atoms with van der Waals surface area (Å²) in [5.74, 6) is 1.37. The molecule has 88 valence electrons. The third-order valence-corrected chi connectivity index (χ3v) is 2.91. The normalized spacial score (nSPS) is 14.8. The van der Waals surface area contributed by atoms with E-state index in [1.54, 1.807) is 0 Å². The minimum absolute atomic E-state index is 0.444. The maximum Gasteiger partial charge on any atom is 0.141 e. The van der Waals surface area contributed by atoms with E-state index in [4.69, 9.17) is 5.41 Å². The lowest BCUT2D eigenvalue weighted by Crippen LogP contribution is -2.32. The van der Waals surface area contributed by atoms with Crippen LogP contribution in [0.3, 0.4) is 0 Å². The van der Waals surface area contributed by atoms with Gasteiger partial charge in [0.1, 0.15) is 11.7 Å². The van der Waals surface area contributed by atoms with Gasteiger partial charge >= 0.3 is 0 Å². The average Bonchev–Trinajstić information content (AvgIpc) is 2.83. The molecule has 1 aliphatic heterocycles. The lowest BCUT2D eigenvalue weighted by atomic mass is 10.2. The van der Waals surface area contributed by atoms with Crippen LogP contribution in [0, 0.1) is 5.41 Å². The predicted molar refractivity (Wildman–Crippen MR) is 74.5 cm³/mol. The molecule has 3 rings (SSSR count). The fourth-order valence-corrected chi connectivity index (χ4v) is 2.08. The van der Waals surface area contributed by atoms with E-state index in [1.165, 1.54) is 0 Å². The van der Waals surface area contributed by atoms with Gasteiger partial charge in [-0.1, -0.05) is 48.5 Å². The highest BCUT2D eigenvalue weighted by Crippen LogP contribution is 2.21. The molecule has 0 amide bonds. The minimum atomic E-state index is 0.444. The summed E-state index contributed by atoms with van der Waals surface area (Å²) in [5, 5.41) is 8.03. The van der Waals surface area contributed by atoms with Crippen molar-refractivity contribution in [3.05, 3.63) is 66.2 Å². The largest absolute Gasteiger partial charge is 0.286 e. The Kier molecular flexibility index (Phi) is 2.65. The molecule has 3 heteroatoms. The molecule has 0 atom stereocenters. The van der Waals surface area contributed by atoms with Crippen LogP contribution in [0.25, 0.3) is 0 Å². The zero-order valence-corrected chi connectivity index (χ0v) is 9.88. The van der Waals surface area contributed by atoms with Gasteiger partial charge in [-0.3, -0.25) is 15.3 Å². The maximum absolute atomic E-state index is 8.03. The molecule has 0 saturated carbocycles. The van der Waals surface area contributed by atoms with Gasteiger partial charge in [0, 0.05) is 11.3 Å². The summed E-state index contributed by atoms with van der Waals surface area (Å²) in [6.07, 6.45) is 0. The van der Waals surface area contributed by atoms with Crippen LogP contribution in [0.5, 0.6) is 0 Å². The molecule has 0 unspecified atom stereocenters. The van der Waals surface area contributed by atoms with Gasteiger partial charge in [-0.25, -0.2) is 0 Å². The van der Waals surface area contributed by atoms with Gasteiger partial charge in [0.2, 0.25) is 0 Å². The molecule has 0 aromatic heterocycles. The van der Waals surface area contributed by atoms with Crippen LogP contribution in [-0.4, -0.2) is 18.2 Å². The van der Waals surface area contributed by atoms with Gasteiger partial charge in [0.15, 0.2) is 0 Å². The lowest BCUT2D eigenvalue weighted by molar-refractivity contribution is 1.28. The van der Waals surface area contributed by atoms with Crippen molar-refractivity contribution in [1.82, 2.24) is 0 Å². The number of amidine groups is 2. The highest BCUT2D eigenvalue weighted by Gasteiger charge is 2.24. The van der Waals surface area contributed by atoms with Crippen molar-refractivity contribution < 1.29 is 0 Å². The molecule has 0 fully saturated rings. The molecule has 0 bridgehead atoms. The summed E-state index contributed by atoms with van der Waals surface area (Å²) >= 11 is 0. The van der Waals surface area contributed by atoms with Gasteiger partial charge in [0.25, 0.3) is 0 Å². The molecule has 0 spiro atoms. The van der Waals surface area contributed by atoms with E-state index < -0.39 is 0 Å². The number of aliphatic imine (C=N–C) groups is 1. The molecule has 2 aromatic rings. The summed E-state index contributed by atoms with van der Waals surface area (Å²) in [6, 6.07) is 19.9. The Labute approximate surface area is 106 Å². The summed E-state index contributed by atoms with van der Waals surface area (Å²) in [6.45, 7) is 0.444. The summed E-state index contributed by atoms with van der Waals surface area (Å²) in [5.41, 5.74) is 2.03. The first-order valence-corrected chi connectivity index (χ1v) is 5.89. The second-order valence-corrected chi connectivity index (χ2v) is 4.12. The van der Waals surface area contributed by atoms with Crippen LogP contribution in [0.4, 0.5) is 5.69 Å². The van der Waals surface area contributed by atoms with E-state index in [-0.39, 0.29) is 0 Å². The lowest BCUT2D eigenvalue weighted by Gasteiger charge is -2.20. The fourth-order valence-electron chi connectivity index (χ4n) is 2.08. The number of hydrogen-bond donors (Lipinski definition) is 1. The Morgan fingerprint density at radius 1 is 0.889 bits per heavy atom. The van der Waals surface area contributed by atoms with Crippen LogP contribution in [0.1, 0.15) is 5.56 Å². The molecular weight excluding hydrogens is 222 g/mol. The van der Waals surface area contributed by atoms with Gasteiger partial charge in [-0.05, 0) is 12.1 Å². The van der Waals surface area contributed by atoms with E-state index >= 15 is 0 Å². The van der Waals surface area contributed by atoms with E-state index in [2.05, 4.69) is 4.99 Å². The summed E-state index contributed by atoms with van der Waals surface area (Å²) in [7, 11) is 0. The number of benzene rings is 2. The van der Waals surface area contributed by atoms with Crippen LogP contribution in [0.15, 0.2) is 65.7 Å². The molecule has 1 aliphatic rings. The van der Waals surface area contributed by atoms with Gasteiger partial charge < -0.3 is 0 Å². The summed E-state index contributed by atoms with van der Waals surface area (Å²) in [4.78, 5) is 6.36. The Morgan fingerprint density at radius 2 is 1.50 bits per heavy atom. The van der Waals surface area contributed by atoms with Crippen molar-refractivity contribution in [3.63, 3.8) is 0 Å². The third-order valence-electron chi connectivity index (χ3n) is 2.91. The molecule has 0 aliphatic carbocycles. The molecule has 0 saturated heterocycles. The average molecular weight is 235 g/mol. The SMILES string of the molecule is N=C1CN=C(c2ccccc2)N1c1ccccc1. The van der Waals surface area contributed by atoms with Crippen molar-refractivity contribution in [1.29, 1.82) is 5.41 Å². The van der Waals surface area contributed by atoms with Crippen LogP contribution in [0.2, 0.25) is 0 Å². The second kappa shape index (κ2) is 4.45. The van der Waals surface area contributed by atoms with E-state index in [9.17, 15) is 0 Å². The molecule has 2 aromatic carbocycles. The molecule has 1 heterocycles. The highest BCUT2D eigenvalue weighted by molar-refractivity contribution is 6.28. The number of nitrogens with one attached hydrogen (secondary N) is 1. The maximum atomic E-state index is 8.03. The van der Waals surface area contributed by atoms with Crippen LogP contribution < -0.4 is 4.90 Å². The Morgan fingerprint density at radius 3 is 2.17 bits per heavy atom. The first kappa shape index (κ1) is 10.7. The van der Waals surface area contributed by atoms with Crippen molar-refractivity contribution >= 4 is 17.4 Å². The van der Waals surface area contributed by atoms with Crippen molar-refractivity contribution in [2.45, 2.75) is 0 Å². The van der Waals surface area contributed by atoms with Crippen LogP contribution in [-0.2, 0) is 0 Å². The summed E-state index contributed by atoms with van der Waals surface area (Å²) < 4.78 is 0. The fraction of sp³-hybridized carbons (Fsp3) is 0.0667. The van der Waals surface area contributed by atoms with Crippen molar-refractivity contribution in [2.75, 3.05) is 11.4 Å². The first-order chi connectivity index (χ1) is 8.86. The zero-order valence-electron chi connectivity index (χ0n) is 9.88. The predicted octanol–water partition coefficient (Wildman–Crippen LogP) is 2.93. The molecular formula is C15H13N3. The molecule has 18 heavy (non-hydrogen) atoms. The minimum Gasteiger partial charge on any atom is -0.286 e. The number of para-hydroxylation sites is 1. The number of rotatable bonds is 2.